The van der Waals surface area contributed by atoms with E-state index in [4.69, 9.17) is 0 Å². The molecular weight excluding hydrogens is 448 g/mol. The Morgan fingerprint density at radius 2 is 1.74 bits per heavy atom. The number of aromatic nitrogens is 2. The minimum atomic E-state index is -0.530. The third-order valence-electron chi connectivity index (χ3n) is 5.04. The quantitative estimate of drug-likeness (QED) is 0.249. The maximum atomic E-state index is 12.7. The molecule has 0 aliphatic carbocycles. The van der Waals surface area contributed by atoms with Crippen LogP contribution in [0.2, 0.25) is 0 Å². The highest BCUT2D eigenvalue weighted by atomic mass is 16.6. The summed E-state index contributed by atoms with van der Waals surface area (Å²) in [7, 11) is 0. The summed E-state index contributed by atoms with van der Waals surface area (Å²) in [4.78, 5) is 35.9. The van der Waals surface area contributed by atoms with Crippen molar-refractivity contribution >= 4 is 34.6 Å². The lowest BCUT2D eigenvalue weighted by Gasteiger charge is -2.10. The zero-order valence-electron chi connectivity index (χ0n) is 18.5. The number of hydrogen-bond acceptors (Lipinski definition) is 6. The summed E-state index contributed by atoms with van der Waals surface area (Å²) in [5.41, 5.74) is 2.29. The number of carbonyl (C=O) groups is 2. The molecule has 2 amide bonds. The fourth-order valence-electron chi connectivity index (χ4n) is 3.39. The van der Waals surface area contributed by atoms with Crippen LogP contribution in [0.4, 0.5) is 22.7 Å². The van der Waals surface area contributed by atoms with Gasteiger partial charge in [0.15, 0.2) is 0 Å². The number of nitrogens with zero attached hydrogens (tertiary/aromatic N) is 3. The van der Waals surface area contributed by atoms with Crippen LogP contribution in [0.5, 0.6) is 0 Å². The third-order valence-corrected chi connectivity index (χ3v) is 5.04. The molecule has 0 spiro atoms. The second-order valence-electron chi connectivity index (χ2n) is 7.61. The number of carbonyl (C=O) groups excluding carboxylic acids is 2. The molecule has 176 valence electrons. The molecule has 3 aromatic carbocycles. The van der Waals surface area contributed by atoms with Crippen LogP contribution in [-0.4, -0.2) is 26.5 Å². The van der Waals surface area contributed by atoms with E-state index in [9.17, 15) is 19.7 Å². The maximum Gasteiger partial charge on any atom is 0.293 e. The van der Waals surface area contributed by atoms with Gasteiger partial charge in [-0.15, -0.1) is 0 Å². The number of anilines is 3. The van der Waals surface area contributed by atoms with Gasteiger partial charge in [0.2, 0.25) is 5.91 Å². The number of amides is 2. The Morgan fingerprint density at radius 3 is 2.49 bits per heavy atom. The fraction of sp³-hybridized carbons (Fsp3) is 0.0800. The van der Waals surface area contributed by atoms with E-state index in [-0.39, 0.29) is 35.9 Å². The van der Waals surface area contributed by atoms with Gasteiger partial charge in [-0.05, 0) is 48.0 Å². The van der Waals surface area contributed by atoms with Crippen molar-refractivity contribution in [3.8, 4) is 0 Å². The Balaban J connectivity index is 1.39. The lowest BCUT2D eigenvalue weighted by molar-refractivity contribution is -0.383. The zero-order valence-corrected chi connectivity index (χ0v) is 18.5. The number of rotatable bonds is 9. The van der Waals surface area contributed by atoms with Gasteiger partial charge in [0, 0.05) is 41.9 Å². The van der Waals surface area contributed by atoms with E-state index >= 15 is 0 Å². The topological polar surface area (TPSA) is 131 Å². The van der Waals surface area contributed by atoms with Crippen molar-refractivity contribution in [3.63, 3.8) is 0 Å². The second-order valence-corrected chi connectivity index (χ2v) is 7.61. The molecule has 0 saturated heterocycles. The molecule has 35 heavy (non-hydrogen) atoms. The minimum Gasteiger partial charge on any atom is -0.350 e. The smallest absolute Gasteiger partial charge is 0.293 e. The van der Waals surface area contributed by atoms with Gasteiger partial charge in [0.25, 0.3) is 11.6 Å². The molecule has 0 atom stereocenters. The SMILES string of the molecule is O=C(Cn1cccn1)Nc1cccc(CNC(=O)c2ccc(Nc3ccccc3)c([N+](=O)[O-])c2)c1. The lowest BCUT2D eigenvalue weighted by Crippen LogP contribution is -2.23. The van der Waals surface area contributed by atoms with Crippen molar-refractivity contribution in [2.45, 2.75) is 13.1 Å². The number of para-hydroxylation sites is 1. The molecule has 0 aliphatic heterocycles. The molecule has 3 N–H and O–H groups in total. The fourth-order valence-corrected chi connectivity index (χ4v) is 3.39. The molecule has 0 radical (unpaired) electrons. The van der Waals surface area contributed by atoms with Gasteiger partial charge < -0.3 is 16.0 Å². The molecule has 10 heteroatoms. The van der Waals surface area contributed by atoms with E-state index in [0.717, 1.165) is 5.56 Å². The molecule has 4 aromatic rings. The van der Waals surface area contributed by atoms with Crippen molar-refractivity contribution in [2.24, 2.45) is 0 Å². The summed E-state index contributed by atoms with van der Waals surface area (Å²) < 4.78 is 1.51. The molecule has 4 rings (SSSR count). The number of nitro groups is 1. The zero-order chi connectivity index (χ0) is 24.6. The van der Waals surface area contributed by atoms with Crippen LogP contribution in [0, 0.1) is 10.1 Å². The van der Waals surface area contributed by atoms with Crippen LogP contribution in [0.15, 0.2) is 91.3 Å². The summed E-state index contributed by atoms with van der Waals surface area (Å²) in [5, 5.41) is 24.1. The van der Waals surface area contributed by atoms with Crippen LogP contribution < -0.4 is 16.0 Å². The largest absolute Gasteiger partial charge is 0.350 e. The van der Waals surface area contributed by atoms with Crippen molar-refractivity contribution < 1.29 is 14.5 Å². The van der Waals surface area contributed by atoms with E-state index in [0.29, 0.717) is 11.4 Å². The number of nitro benzene ring substituents is 1. The highest BCUT2D eigenvalue weighted by Crippen LogP contribution is 2.28. The van der Waals surface area contributed by atoms with E-state index in [1.807, 2.05) is 18.2 Å². The summed E-state index contributed by atoms with van der Waals surface area (Å²) in [6.45, 7) is 0.265. The first-order valence-corrected chi connectivity index (χ1v) is 10.7. The monoisotopic (exact) mass is 470 g/mol. The van der Waals surface area contributed by atoms with Crippen molar-refractivity contribution in [2.75, 3.05) is 10.6 Å². The van der Waals surface area contributed by atoms with Crippen LogP contribution in [0.1, 0.15) is 15.9 Å². The molecule has 0 aliphatic rings. The Hall–Kier alpha value is -4.99. The number of hydrogen-bond donors (Lipinski definition) is 3. The molecule has 0 bridgehead atoms. The molecular formula is C25H22N6O4. The maximum absolute atomic E-state index is 12.7. The summed E-state index contributed by atoms with van der Waals surface area (Å²) >= 11 is 0. The molecule has 10 nitrogen and oxygen atoms in total. The average molecular weight is 470 g/mol. The highest BCUT2D eigenvalue weighted by molar-refractivity contribution is 5.96. The molecule has 0 unspecified atom stereocenters. The summed E-state index contributed by atoms with van der Waals surface area (Å²) in [6.07, 6.45) is 3.29. The van der Waals surface area contributed by atoms with E-state index in [1.165, 1.54) is 22.9 Å². The van der Waals surface area contributed by atoms with Crippen LogP contribution in [0.3, 0.4) is 0 Å². The predicted molar refractivity (Wildman–Crippen MR) is 131 cm³/mol. The van der Waals surface area contributed by atoms with Gasteiger partial charge in [-0.1, -0.05) is 30.3 Å². The van der Waals surface area contributed by atoms with Gasteiger partial charge in [-0.2, -0.15) is 5.10 Å². The van der Waals surface area contributed by atoms with Crippen LogP contribution in [0.25, 0.3) is 0 Å². The summed E-state index contributed by atoms with van der Waals surface area (Å²) in [5.74, 6) is -0.682. The number of nitrogens with one attached hydrogen (secondary N) is 3. The van der Waals surface area contributed by atoms with Gasteiger partial charge in [-0.3, -0.25) is 24.4 Å². The normalized spacial score (nSPS) is 10.4. The number of benzene rings is 3. The Morgan fingerprint density at radius 1 is 0.943 bits per heavy atom. The molecule has 1 heterocycles. The van der Waals surface area contributed by atoms with Crippen molar-refractivity contribution in [1.82, 2.24) is 15.1 Å². The lowest BCUT2D eigenvalue weighted by atomic mass is 10.1. The van der Waals surface area contributed by atoms with Crippen LogP contribution >= 0.6 is 0 Å². The minimum absolute atomic E-state index is 0.0852. The first-order chi connectivity index (χ1) is 17.0. The first-order valence-electron chi connectivity index (χ1n) is 10.7. The Labute approximate surface area is 200 Å². The van der Waals surface area contributed by atoms with Crippen LogP contribution in [-0.2, 0) is 17.9 Å². The van der Waals surface area contributed by atoms with Gasteiger partial charge >= 0.3 is 0 Å². The van der Waals surface area contributed by atoms with E-state index in [2.05, 4.69) is 21.0 Å². The van der Waals surface area contributed by atoms with Gasteiger partial charge in [0.05, 0.1) is 4.92 Å². The Kier molecular flexibility index (Phi) is 7.12. The van der Waals surface area contributed by atoms with Gasteiger partial charge in [-0.25, -0.2) is 0 Å². The highest BCUT2D eigenvalue weighted by Gasteiger charge is 2.18. The molecule has 1 aromatic heterocycles. The van der Waals surface area contributed by atoms with Crippen molar-refractivity contribution in [3.05, 3.63) is 112 Å². The standard InChI is InChI=1S/C25H22N6O4/c32-24(17-30-13-5-12-27-30)29-21-9-4-6-18(14-21)16-26-25(33)19-10-11-22(23(15-19)31(34)35)28-20-7-2-1-3-8-20/h1-15,28H,16-17H2,(H,26,33)(H,29,32). The first kappa shape index (κ1) is 23.2. The third kappa shape index (κ3) is 6.29. The second kappa shape index (κ2) is 10.8. The predicted octanol–water partition coefficient (Wildman–Crippen LogP) is 4.10. The average Bonchev–Trinajstić information content (AvgIpc) is 3.36. The van der Waals surface area contributed by atoms with E-state index in [1.54, 1.807) is 54.9 Å². The Bertz CT molecular complexity index is 1340. The summed E-state index contributed by atoms with van der Waals surface area (Å²) in [6, 6.07) is 22.1. The molecule has 0 saturated carbocycles. The van der Waals surface area contributed by atoms with Crippen molar-refractivity contribution in [1.29, 1.82) is 0 Å². The van der Waals surface area contributed by atoms with E-state index < -0.39 is 10.8 Å². The van der Waals surface area contributed by atoms with Gasteiger partial charge in [0.1, 0.15) is 12.2 Å². The molecule has 0 fully saturated rings.